The lowest BCUT2D eigenvalue weighted by atomic mass is 9.80. The summed E-state index contributed by atoms with van der Waals surface area (Å²) in [5.74, 6) is -0.0979. The van der Waals surface area contributed by atoms with Crippen molar-refractivity contribution in [3.05, 3.63) is 23.8 Å². The average Bonchev–Trinajstić information content (AvgIpc) is 2.13. The second kappa shape index (κ2) is 3.92. The van der Waals surface area contributed by atoms with E-state index in [1.807, 2.05) is 0 Å². The monoisotopic (exact) mass is 221 g/mol. The highest BCUT2D eigenvalue weighted by Gasteiger charge is 2.42. The maximum absolute atomic E-state index is 12.2. The summed E-state index contributed by atoms with van der Waals surface area (Å²) in [6.45, 7) is 4.60. The number of carbonyl (C=O) groups excluding carboxylic acids is 1. The number of rotatable bonds is 3. The molecule has 0 aliphatic carbocycles. The molecule has 0 aromatic carbocycles. The molecule has 1 aromatic rings. The molecule has 16 heavy (non-hydrogen) atoms. The lowest BCUT2D eigenvalue weighted by molar-refractivity contribution is -0.0583. The zero-order valence-corrected chi connectivity index (χ0v) is 9.43. The maximum Gasteiger partial charge on any atom is 0.202 e. The van der Waals surface area contributed by atoms with E-state index in [9.17, 15) is 4.79 Å². The van der Waals surface area contributed by atoms with E-state index in [0.29, 0.717) is 24.6 Å². The van der Waals surface area contributed by atoms with Crippen LogP contribution in [-0.4, -0.2) is 34.5 Å². The molecule has 1 saturated heterocycles. The van der Waals surface area contributed by atoms with E-state index < -0.39 is 5.54 Å². The van der Waals surface area contributed by atoms with Crippen LogP contribution in [0.4, 0.5) is 0 Å². The van der Waals surface area contributed by atoms with E-state index in [1.165, 1.54) is 6.20 Å². The Morgan fingerprint density at radius 3 is 2.75 bits per heavy atom. The predicted octanol–water partition coefficient (Wildman–Crippen LogP) is 0.332. The Morgan fingerprint density at radius 1 is 1.56 bits per heavy atom. The van der Waals surface area contributed by atoms with Crippen LogP contribution in [0.25, 0.3) is 0 Å². The van der Waals surface area contributed by atoms with Crippen LogP contribution in [0, 0.1) is 12.8 Å². The Balaban J connectivity index is 2.24. The Kier molecular flexibility index (Phi) is 2.73. The Bertz CT molecular complexity index is 413. The first-order chi connectivity index (χ1) is 7.51. The fourth-order valence-electron chi connectivity index (χ4n) is 1.62. The van der Waals surface area contributed by atoms with Gasteiger partial charge in [0.25, 0.3) is 0 Å². The number of ketones is 1. The van der Waals surface area contributed by atoms with E-state index in [1.54, 1.807) is 20.0 Å². The van der Waals surface area contributed by atoms with E-state index >= 15 is 0 Å². The third kappa shape index (κ3) is 1.83. The number of nitrogens with two attached hydrogens (primary N) is 1. The number of carbonyl (C=O) groups is 1. The summed E-state index contributed by atoms with van der Waals surface area (Å²) in [6.07, 6.45) is 3.07. The van der Waals surface area contributed by atoms with Crippen molar-refractivity contribution in [1.29, 1.82) is 0 Å². The van der Waals surface area contributed by atoms with Crippen LogP contribution in [0.1, 0.15) is 23.1 Å². The van der Waals surface area contributed by atoms with Crippen molar-refractivity contribution in [3.63, 3.8) is 0 Å². The highest BCUT2D eigenvalue weighted by molar-refractivity contribution is 6.01. The highest BCUT2D eigenvalue weighted by atomic mass is 16.5. The molecule has 2 rings (SSSR count). The van der Waals surface area contributed by atoms with Crippen molar-refractivity contribution in [2.45, 2.75) is 19.4 Å². The molecule has 1 fully saturated rings. The molecule has 0 spiro atoms. The van der Waals surface area contributed by atoms with E-state index in [-0.39, 0.29) is 11.7 Å². The SMILES string of the molecule is Cc1cncc(C(=O)C(C)(N)C2COC2)n1. The van der Waals surface area contributed by atoms with Crippen LogP contribution < -0.4 is 5.73 Å². The molecule has 0 bridgehead atoms. The molecule has 1 aromatic heterocycles. The minimum absolute atomic E-state index is 0.0716. The zero-order chi connectivity index (χ0) is 11.8. The van der Waals surface area contributed by atoms with Gasteiger partial charge in [-0.25, -0.2) is 4.98 Å². The summed E-state index contributed by atoms with van der Waals surface area (Å²) < 4.78 is 5.06. The molecular weight excluding hydrogens is 206 g/mol. The van der Waals surface area contributed by atoms with Crippen LogP contribution in [0.3, 0.4) is 0 Å². The second-order valence-corrected chi connectivity index (χ2v) is 4.39. The number of hydrogen-bond donors (Lipinski definition) is 1. The summed E-state index contributed by atoms with van der Waals surface area (Å²) in [5.41, 5.74) is 6.18. The van der Waals surface area contributed by atoms with Gasteiger partial charge in [0.05, 0.1) is 30.6 Å². The predicted molar refractivity (Wildman–Crippen MR) is 58.0 cm³/mol. The summed E-state index contributed by atoms with van der Waals surface area (Å²) in [7, 11) is 0. The third-order valence-electron chi connectivity index (χ3n) is 2.96. The van der Waals surface area contributed by atoms with Crippen molar-refractivity contribution in [1.82, 2.24) is 9.97 Å². The molecule has 1 aliphatic rings. The quantitative estimate of drug-likeness (QED) is 0.744. The number of ether oxygens (including phenoxy) is 1. The second-order valence-electron chi connectivity index (χ2n) is 4.39. The Hall–Kier alpha value is -1.33. The number of Topliss-reactive ketones (excluding diaryl/α,β-unsaturated/α-hetero) is 1. The molecule has 0 saturated carbocycles. The lowest BCUT2D eigenvalue weighted by Gasteiger charge is -2.38. The van der Waals surface area contributed by atoms with Gasteiger partial charge in [-0.1, -0.05) is 0 Å². The number of aryl methyl sites for hydroxylation is 1. The van der Waals surface area contributed by atoms with Crippen molar-refractivity contribution in [2.75, 3.05) is 13.2 Å². The van der Waals surface area contributed by atoms with Crippen molar-refractivity contribution < 1.29 is 9.53 Å². The van der Waals surface area contributed by atoms with E-state index in [2.05, 4.69) is 9.97 Å². The first-order valence-corrected chi connectivity index (χ1v) is 5.22. The molecule has 1 aliphatic heterocycles. The van der Waals surface area contributed by atoms with E-state index in [0.717, 1.165) is 0 Å². The van der Waals surface area contributed by atoms with Gasteiger partial charge >= 0.3 is 0 Å². The molecule has 0 radical (unpaired) electrons. The summed E-state index contributed by atoms with van der Waals surface area (Å²) in [6, 6.07) is 0. The smallest absolute Gasteiger partial charge is 0.202 e. The summed E-state index contributed by atoms with van der Waals surface area (Å²) in [4.78, 5) is 20.3. The van der Waals surface area contributed by atoms with Crippen molar-refractivity contribution in [3.8, 4) is 0 Å². The van der Waals surface area contributed by atoms with Gasteiger partial charge in [0, 0.05) is 12.1 Å². The Labute approximate surface area is 94.0 Å². The Morgan fingerprint density at radius 2 is 2.25 bits per heavy atom. The minimum Gasteiger partial charge on any atom is -0.381 e. The molecule has 0 amide bonds. The molecule has 1 unspecified atom stereocenters. The molecule has 1 atom stereocenters. The van der Waals surface area contributed by atoms with Crippen LogP contribution in [0.5, 0.6) is 0 Å². The molecule has 5 nitrogen and oxygen atoms in total. The van der Waals surface area contributed by atoms with Gasteiger partial charge in [0.15, 0.2) is 0 Å². The first kappa shape index (κ1) is 11.2. The molecule has 2 N–H and O–H groups in total. The summed E-state index contributed by atoms with van der Waals surface area (Å²) >= 11 is 0. The number of aromatic nitrogens is 2. The fourth-order valence-corrected chi connectivity index (χ4v) is 1.62. The van der Waals surface area contributed by atoms with Gasteiger partial charge in [-0.3, -0.25) is 9.78 Å². The van der Waals surface area contributed by atoms with Gasteiger partial charge in [0.2, 0.25) is 5.78 Å². The van der Waals surface area contributed by atoms with Crippen molar-refractivity contribution >= 4 is 5.78 Å². The molecule has 86 valence electrons. The first-order valence-electron chi connectivity index (χ1n) is 5.22. The average molecular weight is 221 g/mol. The van der Waals surface area contributed by atoms with Crippen LogP contribution >= 0.6 is 0 Å². The van der Waals surface area contributed by atoms with Gasteiger partial charge < -0.3 is 10.5 Å². The molecular formula is C11H15N3O2. The van der Waals surface area contributed by atoms with Gasteiger partial charge in [-0.05, 0) is 13.8 Å². The highest BCUT2D eigenvalue weighted by Crippen LogP contribution is 2.25. The fraction of sp³-hybridized carbons (Fsp3) is 0.545. The largest absolute Gasteiger partial charge is 0.381 e. The minimum atomic E-state index is -0.916. The topological polar surface area (TPSA) is 78.1 Å². The van der Waals surface area contributed by atoms with Gasteiger partial charge in [-0.2, -0.15) is 0 Å². The van der Waals surface area contributed by atoms with Crippen LogP contribution in [-0.2, 0) is 4.74 Å². The number of nitrogens with zero attached hydrogens (tertiary/aromatic N) is 2. The van der Waals surface area contributed by atoms with Gasteiger partial charge in [0.1, 0.15) is 5.69 Å². The molecule has 2 heterocycles. The van der Waals surface area contributed by atoms with Crippen LogP contribution in [0.2, 0.25) is 0 Å². The van der Waals surface area contributed by atoms with E-state index in [4.69, 9.17) is 10.5 Å². The van der Waals surface area contributed by atoms with Gasteiger partial charge in [-0.15, -0.1) is 0 Å². The standard InChI is InChI=1S/C11H15N3O2/c1-7-3-13-4-9(14-7)10(15)11(2,12)8-5-16-6-8/h3-4,8H,5-6,12H2,1-2H3. The maximum atomic E-state index is 12.2. The van der Waals surface area contributed by atoms with Crippen molar-refractivity contribution in [2.24, 2.45) is 11.7 Å². The zero-order valence-electron chi connectivity index (χ0n) is 9.43. The lowest BCUT2D eigenvalue weighted by Crippen LogP contribution is -2.58. The summed E-state index contributed by atoms with van der Waals surface area (Å²) in [5, 5.41) is 0. The molecule has 5 heteroatoms. The van der Waals surface area contributed by atoms with Crippen LogP contribution in [0.15, 0.2) is 12.4 Å². The third-order valence-corrected chi connectivity index (χ3v) is 2.96. The normalized spacial score (nSPS) is 19.9. The number of hydrogen-bond acceptors (Lipinski definition) is 5.